The van der Waals surface area contributed by atoms with E-state index in [9.17, 15) is 4.79 Å². The van der Waals surface area contributed by atoms with E-state index in [4.69, 9.17) is 9.47 Å². The zero-order chi connectivity index (χ0) is 19.4. The molecule has 3 rings (SSSR count). The standard InChI is InChI=1S/C22H26N2O3/c1-5-26-22(25)21-16(2)24(17-9-7-6-8-10-17)20-12-11-18(15-19(20)21)27-14-13-23(3)4/h6-12,15H,5,13-14H2,1-4H3/p+1. The van der Waals surface area contributed by atoms with Crippen molar-refractivity contribution in [2.24, 2.45) is 0 Å². The number of nitrogens with zero attached hydrogens (tertiary/aromatic N) is 1. The summed E-state index contributed by atoms with van der Waals surface area (Å²) >= 11 is 0. The number of quaternary nitrogens is 1. The molecule has 0 fully saturated rings. The first-order chi connectivity index (χ1) is 13.0. The maximum Gasteiger partial charge on any atom is 0.340 e. The molecule has 142 valence electrons. The summed E-state index contributed by atoms with van der Waals surface area (Å²) in [5.41, 5.74) is 3.44. The first-order valence-electron chi connectivity index (χ1n) is 9.32. The average Bonchev–Trinajstić information content (AvgIpc) is 2.93. The normalized spacial score (nSPS) is 11.1. The predicted molar refractivity (Wildman–Crippen MR) is 107 cm³/mol. The molecule has 0 aliphatic carbocycles. The molecule has 1 heterocycles. The zero-order valence-electron chi connectivity index (χ0n) is 16.4. The van der Waals surface area contributed by atoms with Gasteiger partial charge in [-0.1, -0.05) is 18.2 Å². The Hall–Kier alpha value is -2.79. The number of benzene rings is 2. The largest absolute Gasteiger partial charge is 0.488 e. The molecule has 0 saturated carbocycles. The molecule has 0 unspecified atom stereocenters. The molecule has 0 spiro atoms. The Kier molecular flexibility index (Phi) is 5.81. The Labute approximate surface area is 160 Å². The van der Waals surface area contributed by atoms with Crippen LogP contribution >= 0.6 is 0 Å². The average molecular weight is 367 g/mol. The SMILES string of the molecule is CCOC(=O)c1c(C)n(-c2ccccc2)c2ccc(OCC[NH+](C)C)cc12. The van der Waals surface area contributed by atoms with Crippen molar-refractivity contribution in [2.75, 3.05) is 33.9 Å². The zero-order valence-corrected chi connectivity index (χ0v) is 16.4. The highest BCUT2D eigenvalue weighted by atomic mass is 16.5. The summed E-state index contributed by atoms with van der Waals surface area (Å²) in [5.74, 6) is 0.462. The smallest absolute Gasteiger partial charge is 0.340 e. The minimum absolute atomic E-state index is 0.301. The highest BCUT2D eigenvalue weighted by Gasteiger charge is 2.22. The van der Waals surface area contributed by atoms with Crippen LogP contribution in [-0.4, -0.2) is 44.4 Å². The van der Waals surface area contributed by atoms with Gasteiger partial charge in [-0.05, 0) is 44.2 Å². The van der Waals surface area contributed by atoms with Gasteiger partial charge in [-0.3, -0.25) is 0 Å². The van der Waals surface area contributed by atoms with E-state index in [1.54, 1.807) is 0 Å². The minimum Gasteiger partial charge on any atom is -0.488 e. The van der Waals surface area contributed by atoms with E-state index in [0.717, 1.165) is 34.6 Å². The van der Waals surface area contributed by atoms with Crippen LogP contribution in [0.15, 0.2) is 48.5 Å². The molecule has 0 saturated heterocycles. The molecule has 0 radical (unpaired) electrons. The summed E-state index contributed by atoms with van der Waals surface area (Å²) in [5, 5.41) is 0.851. The van der Waals surface area contributed by atoms with Crippen molar-refractivity contribution in [2.45, 2.75) is 13.8 Å². The third kappa shape index (κ3) is 3.98. The summed E-state index contributed by atoms with van der Waals surface area (Å²) in [6, 6.07) is 15.9. The molecule has 1 N–H and O–H groups in total. The lowest BCUT2D eigenvalue weighted by atomic mass is 10.1. The van der Waals surface area contributed by atoms with Gasteiger partial charge in [0.25, 0.3) is 0 Å². The van der Waals surface area contributed by atoms with Gasteiger partial charge in [0.15, 0.2) is 0 Å². The maximum absolute atomic E-state index is 12.7. The lowest BCUT2D eigenvalue weighted by Crippen LogP contribution is -3.06. The number of para-hydroxylation sites is 1. The molecular formula is C22H27N2O3+. The molecule has 0 aliphatic heterocycles. The van der Waals surface area contributed by atoms with Crippen LogP contribution in [0, 0.1) is 6.92 Å². The van der Waals surface area contributed by atoms with Gasteiger partial charge in [0.1, 0.15) is 18.9 Å². The van der Waals surface area contributed by atoms with Crippen molar-refractivity contribution in [1.82, 2.24) is 4.57 Å². The number of carbonyl (C=O) groups is 1. The number of rotatable bonds is 7. The van der Waals surface area contributed by atoms with Crippen LogP contribution in [0.5, 0.6) is 5.75 Å². The van der Waals surface area contributed by atoms with Crippen molar-refractivity contribution >= 4 is 16.9 Å². The fourth-order valence-electron chi connectivity index (χ4n) is 3.23. The van der Waals surface area contributed by atoms with Gasteiger partial charge in [0, 0.05) is 16.8 Å². The van der Waals surface area contributed by atoms with Crippen LogP contribution in [0.3, 0.4) is 0 Å². The van der Waals surface area contributed by atoms with Gasteiger partial charge in [0.2, 0.25) is 0 Å². The molecular weight excluding hydrogens is 340 g/mol. The minimum atomic E-state index is -0.301. The summed E-state index contributed by atoms with van der Waals surface area (Å²) in [6.45, 7) is 5.66. The molecule has 0 amide bonds. The Morgan fingerprint density at radius 1 is 1.11 bits per heavy atom. The van der Waals surface area contributed by atoms with Crippen LogP contribution in [-0.2, 0) is 4.74 Å². The van der Waals surface area contributed by atoms with E-state index in [1.807, 2.05) is 62.4 Å². The summed E-state index contributed by atoms with van der Waals surface area (Å²) < 4.78 is 13.3. The van der Waals surface area contributed by atoms with Crippen LogP contribution in [0.4, 0.5) is 0 Å². The second-order valence-electron chi connectivity index (χ2n) is 6.84. The van der Waals surface area contributed by atoms with Gasteiger partial charge in [0.05, 0.1) is 31.8 Å². The fourth-order valence-corrected chi connectivity index (χ4v) is 3.23. The van der Waals surface area contributed by atoms with E-state index in [1.165, 1.54) is 4.90 Å². The molecule has 2 aromatic carbocycles. The Bertz CT molecular complexity index is 930. The quantitative estimate of drug-likeness (QED) is 0.653. The van der Waals surface area contributed by atoms with Crippen LogP contribution in [0.2, 0.25) is 0 Å². The Morgan fingerprint density at radius 2 is 1.85 bits per heavy atom. The molecule has 0 aliphatic rings. The van der Waals surface area contributed by atoms with E-state index in [2.05, 4.69) is 18.7 Å². The highest BCUT2D eigenvalue weighted by molar-refractivity contribution is 6.07. The second kappa shape index (κ2) is 8.27. The van der Waals surface area contributed by atoms with Crippen LogP contribution < -0.4 is 9.64 Å². The monoisotopic (exact) mass is 367 g/mol. The summed E-state index contributed by atoms with van der Waals surface area (Å²) in [7, 11) is 4.18. The van der Waals surface area contributed by atoms with E-state index in [0.29, 0.717) is 18.8 Å². The number of nitrogens with one attached hydrogen (secondary N) is 1. The molecule has 0 bridgehead atoms. The molecule has 0 atom stereocenters. The third-order valence-corrected chi connectivity index (χ3v) is 4.54. The van der Waals surface area contributed by atoms with Gasteiger partial charge in [-0.25, -0.2) is 4.79 Å². The number of carbonyl (C=O) groups excluding carboxylic acids is 1. The number of esters is 1. The van der Waals surface area contributed by atoms with Crippen molar-refractivity contribution < 1.29 is 19.2 Å². The van der Waals surface area contributed by atoms with Crippen molar-refractivity contribution in [3.8, 4) is 11.4 Å². The Morgan fingerprint density at radius 3 is 2.52 bits per heavy atom. The number of hydrogen-bond donors (Lipinski definition) is 1. The highest BCUT2D eigenvalue weighted by Crippen LogP contribution is 2.32. The lowest BCUT2D eigenvalue weighted by Gasteiger charge is -2.10. The van der Waals surface area contributed by atoms with Crippen molar-refractivity contribution in [1.29, 1.82) is 0 Å². The van der Waals surface area contributed by atoms with Crippen LogP contribution in [0.25, 0.3) is 16.6 Å². The third-order valence-electron chi connectivity index (χ3n) is 4.54. The molecule has 5 nitrogen and oxygen atoms in total. The van der Waals surface area contributed by atoms with Crippen molar-refractivity contribution in [3.63, 3.8) is 0 Å². The van der Waals surface area contributed by atoms with Gasteiger partial charge < -0.3 is 18.9 Å². The number of hydrogen-bond acceptors (Lipinski definition) is 3. The van der Waals surface area contributed by atoms with E-state index >= 15 is 0 Å². The fraction of sp³-hybridized carbons (Fsp3) is 0.318. The van der Waals surface area contributed by atoms with E-state index in [-0.39, 0.29) is 5.97 Å². The van der Waals surface area contributed by atoms with Gasteiger partial charge in [-0.15, -0.1) is 0 Å². The number of ether oxygens (including phenoxy) is 2. The van der Waals surface area contributed by atoms with Gasteiger partial charge in [-0.2, -0.15) is 0 Å². The molecule has 5 heteroatoms. The molecule has 1 aromatic heterocycles. The second-order valence-corrected chi connectivity index (χ2v) is 6.84. The molecule has 27 heavy (non-hydrogen) atoms. The van der Waals surface area contributed by atoms with Crippen molar-refractivity contribution in [3.05, 3.63) is 59.8 Å². The summed E-state index contributed by atoms with van der Waals surface area (Å²) in [4.78, 5) is 14.0. The van der Waals surface area contributed by atoms with Gasteiger partial charge >= 0.3 is 5.97 Å². The number of aromatic nitrogens is 1. The maximum atomic E-state index is 12.7. The summed E-state index contributed by atoms with van der Waals surface area (Å²) in [6.07, 6.45) is 0. The molecule has 3 aromatic rings. The number of fused-ring (bicyclic) bond motifs is 1. The predicted octanol–water partition coefficient (Wildman–Crippen LogP) is 2.64. The Balaban J connectivity index is 2.11. The first kappa shape index (κ1) is 19.0. The van der Waals surface area contributed by atoms with Crippen LogP contribution in [0.1, 0.15) is 23.0 Å². The van der Waals surface area contributed by atoms with E-state index < -0.39 is 0 Å². The first-order valence-corrected chi connectivity index (χ1v) is 9.32. The topological polar surface area (TPSA) is 44.9 Å². The number of likely N-dealkylation sites (N-methyl/N-ethyl adjacent to an activating group) is 1. The lowest BCUT2D eigenvalue weighted by molar-refractivity contribution is -0.858.